The molecular weight excluding hydrogens is 208 g/mol. The molecule has 0 fully saturated rings. The molecular formula is C10H12N4S. The topological polar surface area (TPSA) is 41.9 Å². The normalized spacial score (nSPS) is 10.3. The standard InChI is InChI=1S/C10H12N4S/c1-8-13-9(7-15-8)6-14(2)10-11-4-3-5-12-10/h3-5,7H,6H2,1-2H3. The van der Waals surface area contributed by atoms with Gasteiger partial charge in [0.2, 0.25) is 5.95 Å². The van der Waals surface area contributed by atoms with Crippen molar-refractivity contribution >= 4 is 17.3 Å². The molecule has 0 unspecified atom stereocenters. The van der Waals surface area contributed by atoms with E-state index in [2.05, 4.69) is 20.3 Å². The highest BCUT2D eigenvalue weighted by atomic mass is 32.1. The van der Waals surface area contributed by atoms with E-state index in [0.29, 0.717) is 0 Å². The third-order valence-corrected chi connectivity index (χ3v) is 2.78. The first kappa shape index (κ1) is 10.0. The van der Waals surface area contributed by atoms with Crippen LogP contribution in [0.25, 0.3) is 0 Å². The van der Waals surface area contributed by atoms with E-state index in [1.807, 2.05) is 24.9 Å². The van der Waals surface area contributed by atoms with Crippen LogP contribution in [0.1, 0.15) is 10.7 Å². The van der Waals surface area contributed by atoms with Crippen LogP contribution in [0.3, 0.4) is 0 Å². The summed E-state index contributed by atoms with van der Waals surface area (Å²) in [5, 5.41) is 3.15. The first-order valence-electron chi connectivity index (χ1n) is 4.65. The molecule has 0 saturated heterocycles. The first-order chi connectivity index (χ1) is 7.25. The third kappa shape index (κ3) is 2.50. The molecule has 0 saturated carbocycles. The highest BCUT2D eigenvalue weighted by Gasteiger charge is 2.05. The number of nitrogens with zero attached hydrogens (tertiary/aromatic N) is 4. The molecule has 0 atom stereocenters. The summed E-state index contributed by atoms with van der Waals surface area (Å²) in [6, 6.07) is 1.81. The van der Waals surface area contributed by atoms with Crippen LogP contribution in [0.5, 0.6) is 0 Å². The van der Waals surface area contributed by atoms with E-state index in [1.54, 1.807) is 23.7 Å². The minimum Gasteiger partial charge on any atom is -0.338 e. The summed E-state index contributed by atoms with van der Waals surface area (Å²) >= 11 is 1.66. The van der Waals surface area contributed by atoms with E-state index < -0.39 is 0 Å². The average Bonchev–Trinajstić information content (AvgIpc) is 2.65. The number of hydrogen-bond acceptors (Lipinski definition) is 5. The maximum atomic E-state index is 4.40. The molecule has 0 spiro atoms. The summed E-state index contributed by atoms with van der Waals surface area (Å²) in [7, 11) is 1.96. The summed E-state index contributed by atoms with van der Waals surface area (Å²) in [6.45, 7) is 2.75. The van der Waals surface area contributed by atoms with Crippen LogP contribution in [-0.4, -0.2) is 22.0 Å². The molecule has 0 bridgehead atoms. The van der Waals surface area contributed by atoms with E-state index in [4.69, 9.17) is 0 Å². The Bertz CT molecular complexity index is 426. The van der Waals surface area contributed by atoms with Gasteiger partial charge in [0.25, 0.3) is 0 Å². The van der Waals surface area contributed by atoms with Gasteiger partial charge >= 0.3 is 0 Å². The second-order valence-corrected chi connectivity index (χ2v) is 4.32. The second kappa shape index (κ2) is 4.35. The van der Waals surface area contributed by atoms with E-state index >= 15 is 0 Å². The molecule has 78 valence electrons. The Labute approximate surface area is 92.6 Å². The molecule has 0 N–H and O–H groups in total. The molecule has 0 aliphatic rings. The maximum Gasteiger partial charge on any atom is 0.225 e. The number of thiazole rings is 1. The minimum absolute atomic E-state index is 0.725. The van der Waals surface area contributed by atoms with Gasteiger partial charge in [-0.25, -0.2) is 15.0 Å². The van der Waals surface area contributed by atoms with Crippen LogP contribution in [0, 0.1) is 6.92 Å². The predicted molar refractivity (Wildman–Crippen MR) is 61.0 cm³/mol. The molecule has 0 aromatic carbocycles. The van der Waals surface area contributed by atoms with E-state index in [0.717, 1.165) is 23.2 Å². The molecule has 2 rings (SSSR count). The molecule has 2 heterocycles. The Kier molecular flexibility index (Phi) is 2.91. The lowest BCUT2D eigenvalue weighted by molar-refractivity contribution is 0.844. The number of aromatic nitrogens is 3. The monoisotopic (exact) mass is 220 g/mol. The fourth-order valence-electron chi connectivity index (χ4n) is 1.28. The van der Waals surface area contributed by atoms with Crippen molar-refractivity contribution in [2.45, 2.75) is 13.5 Å². The van der Waals surface area contributed by atoms with Gasteiger partial charge in [-0.2, -0.15) is 0 Å². The van der Waals surface area contributed by atoms with Gasteiger partial charge in [0.15, 0.2) is 0 Å². The second-order valence-electron chi connectivity index (χ2n) is 3.26. The van der Waals surface area contributed by atoms with Crippen molar-refractivity contribution in [1.29, 1.82) is 0 Å². The number of anilines is 1. The van der Waals surface area contributed by atoms with Crippen molar-refractivity contribution in [3.63, 3.8) is 0 Å². The van der Waals surface area contributed by atoms with E-state index in [-0.39, 0.29) is 0 Å². The Morgan fingerprint density at radius 2 is 2.07 bits per heavy atom. The van der Waals surface area contributed by atoms with E-state index in [9.17, 15) is 0 Å². The lowest BCUT2D eigenvalue weighted by atomic mass is 10.4. The van der Waals surface area contributed by atoms with Crippen LogP contribution in [0.2, 0.25) is 0 Å². The molecule has 2 aromatic heterocycles. The van der Waals surface area contributed by atoms with Gasteiger partial charge < -0.3 is 4.90 Å². The fourth-order valence-corrected chi connectivity index (χ4v) is 1.89. The lowest BCUT2D eigenvalue weighted by Crippen LogP contribution is -2.18. The molecule has 0 radical (unpaired) electrons. The summed E-state index contributed by atoms with van der Waals surface area (Å²) < 4.78 is 0. The van der Waals surface area contributed by atoms with Crippen molar-refractivity contribution in [1.82, 2.24) is 15.0 Å². The summed E-state index contributed by atoms with van der Waals surface area (Å²) in [4.78, 5) is 14.7. The van der Waals surface area contributed by atoms with Gasteiger partial charge in [0.1, 0.15) is 0 Å². The quantitative estimate of drug-likeness (QED) is 0.792. The zero-order valence-corrected chi connectivity index (χ0v) is 9.53. The van der Waals surface area contributed by atoms with Crippen molar-refractivity contribution in [2.75, 3.05) is 11.9 Å². The van der Waals surface area contributed by atoms with Crippen LogP contribution in [0.15, 0.2) is 23.8 Å². The van der Waals surface area contributed by atoms with Gasteiger partial charge in [-0.05, 0) is 13.0 Å². The molecule has 0 aliphatic carbocycles. The molecule has 4 nitrogen and oxygen atoms in total. The minimum atomic E-state index is 0.725. The molecule has 15 heavy (non-hydrogen) atoms. The van der Waals surface area contributed by atoms with E-state index in [1.165, 1.54) is 0 Å². The largest absolute Gasteiger partial charge is 0.338 e. The van der Waals surface area contributed by atoms with Crippen LogP contribution < -0.4 is 4.90 Å². The predicted octanol–water partition coefficient (Wildman–Crippen LogP) is 1.88. The molecule has 5 heteroatoms. The van der Waals surface area contributed by atoms with Gasteiger partial charge in [-0.15, -0.1) is 11.3 Å². The molecule has 0 aliphatic heterocycles. The van der Waals surface area contributed by atoms with Gasteiger partial charge in [-0.3, -0.25) is 0 Å². The van der Waals surface area contributed by atoms with Crippen LogP contribution >= 0.6 is 11.3 Å². The van der Waals surface area contributed by atoms with Crippen LogP contribution in [0.4, 0.5) is 5.95 Å². The summed E-state index contributed by atoms with van der Waals surface area (Å²) in [5.41, 5.74) is 1.06. The number of hydrogen-bond donors (Lipinski definition) is 0. The smallest absolute Gasteiger partial charge is 0.225 e. The van der Waals surface area contributed by atoms with Crippen molar-refractivity contribution in [2.24, 2.45) is 0 Å². The molecule has 2 aromatic rings. The van der Waals surface area contributed by atoms with Crippen molar-refractivity contribution < 1.29 is 0 Å². The zero-order chi connectivity index (χ0) is 10.7. The zero-order valence-electron chi connectivity index (χ0n) is 8.71. The van der Waals surface area contributed by atoms with Gasteiger partial charge in [-0.1, -0.05) is 0 Å². The SMILES string of the molecule is Cc1nc(CN(C)c2ncccn2)cs1. The highest BCUT2D eigenvalue weighted by Crippen LogP contribution is 2.12. The van der Waals surface area contributed by atoms with Crippen molar-refractivity contribution in [3.8, 4) is 0 Å². The Hall–Kier alpha value is -1.49. The van der Waals surface area contributed by atoms with Gasteiger partial charge in [0, 0.05) is 24.8 Å². The molecule has 0 amide bonds. The van der Waals surface area contributed by atoms with Gasteiger partial charge in [0.05, 0.1) is 17.2 Å². The van der Waals surface area contributed by atoms with Crippen molar-refractivity contribution in [3.05, 3.63) is 34.5 Å². The summed E-state index contributed by atoms with van der Waals surface area (Å²) in [5.74, 6) is 0.725. The fraction of sp³-hybridized carbons (Fsp3) is 0.300. The lowest BCUT2D eigenvalue weighted by Gasteiger charge is -2.14. The third-order valence-electron chi connectivity index (χ3n) is 1.96. The Morgan fingerprint density at radius 1 is 1.33 bits per heavy atom. The highest BCUT2D eigenvalue weighted by molar-refractivity contribution is 7.09. The first-order valence-corrected chi connectivity index (χ1v) is 5.53. The summed E-state index contributed by atoms with van der Waals surface area (Å²) in [6.07, 6.45) is 3.48. The number of rotatable bonds is 3. The Morgan fingerprint density at radius 3 is 2.67 bits per heavy atom. The number of aryl methyl sites for hydroxylation is 1. The maximum absolute atomic E-state index is 4.40. The Balaban J connectivity index is 2.07. The average molecular weight is 220 g/mol. The van der Waals surface area contributed by atoms with Crippen LogP contribution in [-0.2, 0) is 6.54 Å².